The molecule has 3 aromatic rings. The second-order valence-corrected chi connectivity index (χ2v) is 9.30. The van der Waals surface area contributed by atoms with Crippen molar-refractivity contribution in [3.05, 3.63) is 64.3 Å². The molecular formula is C27H32N4O5. The van der Waals surface area contributed by atoms with Crippen LogP contribution in [0.1, 0.15) is 36.7 Å². The molecule has 36 heavy (non-hydrogen) atoms. The highest BCUT2D eigenvalue weighted by atomic mass is 16.6. The monoisotopic (exact) mass is 492 g/mol. The molecule has 1 aromatic heterocycles. The maximum Gasteiger partial charge on any atom is 0.270 e. The van der Waals surface area contributed by atoms with Crippen molar-refractivity contribution in [2.45, 2.75) is 38.8 Å². The summed E-state index contributed by atoms with van der Waals surface area (Å²) in [6.07, 6.45) is 3.31. The van der Waals surface area contributed by atoms with E-state index >= 15 is 0 Å². The molecule has 0 spiro atoms. The first-order chi connectivity index (χ1) is 17.5. The van der Waals surface area contributed by atoms with Crippen LogP contribution in [0.15, 0.2) is 48.5 Å². The quantitative estimate of drug-likeness (QED) is 0.357. The number of piperazine rings is 1. The molecule has 0 saturated carbocycles. The van der Waals surface area contributed by atoms with Gasteiger partial charge in [0.05, 0.1) is 23.2 Å². The lowest BCUT2D eigenvalue weighted by molar-refractivity contribution is -0.384. The Bertz CT molecular complexity index is 1220. The number of ether oxygens (including phenoxy) is 2. The van der Waals surface area contributed by atoms with E-state index < -0.39 is 4.92 Å². The van der Waals surface area contributed by atoms with Crippen LogP contribution >= 0.6 is 0 Å². The molecule has 2 fully saturated rings. The largest absolute Gasteiger partial charge is 0.493 e. The number of benzene rings is 2. The summed E-state index contributed by atoms with van der Waals surface area (Å²) in [6, 6.07) is 14.5. The van der Waals surface area contributed by atoms with Crippen LogP contribution in [0.3, 0.4) is 0 Å². The molecule has 2 aliphatic rings. The summed E-state index contributed by atoms with van der Waals surface area (Å²) in [7, 11) is 0. The minimum absolute atomic E-state index is 0.00723. The van der Waals surface area contributed by atoms with E-state index in [1.54, 1.807) is 12.1 Å². The Morgan fingerprint density at radius 1 is 1.11 bits per heavy atom. The summed E-state index contributed by atoms with van der Waals surface area (Å²) in [4.78, 5) is 28.4. The van der Waals surface area contributed by atoms with Crippen LogP contribution in [-0.2, 0) is 11.3 Å². The maximum absolute atomic E-state index is 13.8. The standard InChI is InChI=1S/C27H32N4O5/c1-2-35-26-8-5-7-24-23(26)18-25(30(24)19-22-6-3-4-17-36-22)27(32)29-15-13-28(14-16-29)20-9-11-21(12-10-20)31(33)34/h5,7-12,18,22H,2-4,6,13-17,19H2,1H3. The lowest BCUT2D eigenvalue weighted by Crippen LogP contribution is -2.49. The van der Waals surface area contributed by atoms with Crippen molar-refractivity contribution in [1.82, 2.24) is 9.47 Å². The zero-order chi connectivity index (χ0) is 25.1. The van der Waals surface area contributed by atoms with Crippen molar-refractivity contribution in [2.75, 3.05) is 44.3 Å². The summed E-state index contributed by atoms with van der Waals surface area (Å²) in [5, 5.41) is 11.9. The van der Waals surface area contributed by atoms with Gasteiger partial charge in [-0.3, -0.25) is 14.9 Å². The van der Waals surface area contributed by atoms with Gasteiger partial charge in [0.25, 0.3) is 11.6 Å². The van der Waals surface area contributed by atoms with Gasteiger partial charge in [-0.1, -0.05) is 6.07 Å². The highest BCUT2D eigenvalue weighted by molar-refractivity contribution is 6.00. The van der Waals surface area contributed by atoms with Gasteiger partial charge in [-0.2, -0.15) is 0 Å². The molecule has 1 amide bonds. The molecule has 9 heteroatoms. The number of anilines is 1. The molecule has 0 radical (unpaired) electrons. The van der Waals surface area contributed by atoms with Gasteiger partial charge in [0.15, 0.2) is 0 Å². The van der Waals surface area contributed by atoms with E-state index in [1.807, 2.05) is 36.1 Å². The fraction of sp³-hybridized carbons (Fsp3) is 0.444. The molecule has 2 aliphatic heterocycles. The molecule has 0 bridgehead atoms. The Morgan fingerprint density at radius 3 is 2.56 bits per heavy atom. The fourth-order valence-corrected chi connectivity index (χ4v) is 5.18. The molecule has 2 saturated heterocycles. The number of amides is 1. The van der Waals surface area contributed by atoms with Crippen molar-refractivity contribution in [2.24, 2.45) is 0 Å². The van der Waals surface area contributed by atoms with E-state index in [0.29, 0.717) is 45.0 Å². The van der Waals surface area contributed by atoms with E-state index in [9.17, 15) is 14.9 Å². The smallest absolute Gasteiger partial charge is 0.270 e. The maximum atomic E-state index is 13.8. The van der Waals surface area contributed by atoms with Crippen LogP contribution in [0.2, 0.25) is 0 Å². The van der Waals surface area contributed by atoms with Gasteiger partial charge in [-0.15, -0.1) is 0 Å². The number of nitro benzene ring substituents is 1. The van der Waals surface area contributed by atoms with Crippen molar-refractivity contribution in [3.63, 3.8) is 0 Å². The molecule has 1 unspecified atom stereocenters. The van der Waals surface area contributed by atoms with E-state index in [2.05, 4.69) is 9.47 Å². The number of hydrogen-bond donors (Lipinski definition) is 0. The topological polar surface area (TPSA) is 90.1 Å². The number of nitrogens with zero attached hydrogens (tertiary/aromatic N) is 4. The Labute approximate surface area is 210 Å². The van der Waals surface area contributed by atoms with Crippen molar-refractivity contribution in [1.29, 1.82) is 0 Å². The number of carbonyl (C=O) groups is 1. The molecular weight excluding hydrogens is 460 g/mol. The van der Waals surface area contributed by atoms with Crippen molar-refractivity contribution < 1.29 is 19.2 Å². The van der Waals surface area contributed by atoms with Gasteiger partial charge in [0.2, 0.25) is 0 Å². The highest BCUT2D eigenvalue weighted by Crippen LogP contribution is 2.31. The van der Waals surface area contributed by atoms with Gasteiger partial charge in [0.1, 0.15) is 11.4 Å². The van der Waals surface area contributed by atoms with Crippen LogP contribution in [-0.4, -0.2) is 65.8 Å². The normalized spacial score (nSPS) is 18.4. The molecule has 190 valence electrons. The molecule has 2 aromatic carbocycles. The summed E-state index contributed by atoms with van der Waals surface area (Å²) in [5.74, 6) is 0.795. The van der Waals surface area contributed by atoms with Crippen LogP contribution < -0.4 is 9.64 Å². The van der Waals surface area contributed by atoms with Crippen LogP contribution in [0, 0.1) is 10.1 Å². The predicted octanol–water partition coefficient (Wildman–Crippen LogP) is 4.48. The van der Waals surface area contributed by atoms with E-state index in [1.165, 1.54) is 12.1 Å². The van der Waals surface area contributed by atoms with Crippen molar-refractivity contribution >= 4 is 28.2 Å². The second-order valence-electron chi connectivity index (χ2n) is 9.30. The minimum Gasteiger partial charge on any atom is -0.493 e. The minimum atomic E-state index is -0.394. The van der Waals surface area contributed by atoms with Gasteiger partial charge < -0.3 is 23.8 Å². The Kier molecular flexibility index (Phi) is 7.09. The van der Waals surface area contributed by atoms with Gasteiger partial charge >= 0.3 is 0 Å². The summed E-state index contributed by atoms with van der Waals surface area (Å²) < 4.78 is 14.0. The van der Waals surface area contributed by atoms with Gasteiger partial charge in [0, 0.05) is 62.5 Å². The molecule has 9 nitrogen and oxygen atoms in total. The van der Waals surface area contributed by atoms with Crippen LogP contribution in [0.25, 0.3) is 10.9 Å². The number of carbonyl (C=O) groups excluding carboxylic acids is 1. The first-order valence-electron chi connectivity index (χ1n) is 12.7. The Morgan fingerprint density at radius 2 is 1.89 bits per heavy atom. The average molecular weight is 493 g/mol. The molecule has 3 heterocycles. The van der Waals surface area contributed by atoms with Crippen LogP contribution in [0.5, 0.6) is 5.75 Å². The molecule has 0 aliphatic carbocycles. The van der Waals surface area contributed by atoms with E-state index in [-0.39, 0.29) is 17.7 Å². The van der Waals surface area contributed by atoms with E-state index in [0.717, 1.165) is 48.2 Å². The third-order valence-corrected chi connectivity index (χ3v) is 7.08. The van der Waals surface area contributed by atoms with E-state index in [4.69, 9.17) is 9.47 Å². The molecule has 0 N–H and O–H groups in total. The van der Waals surface area contributed by atoms with Gasteiger partial charge in [-0.25, -0.2) is 0 Å². The van der Waals surface area contributed by atoms with Crippen LogP contribution in [0.4, 0.5) is 11.4 Å². The zero-order valence-electron chi connectivity index (χ0n) is 20.6. The third kappa shape index (κ3) is 4.88. The summed E-state index contributed by atoms with van der Waals surface area (Å²) in [5.41, 5.74) is 2.66. The number of rotatable bonds is 7. The summed E-state index contributed by atoms with van der Waals surface area (Å²) >= 11 is 0. The number of nitro groups is 1. The number of hydrogen-bond acceptors (Lipinski definition) is 6. The average Bonchev–Trinajstić information content (AvgIpc) is 3.28. The number of aromatic nitrogens is 1. The third-order valence-electron chi connectivity index (χ3n) is 7.08. The SMILES string of the molecule is CCOc1cccc2c1cc(C(=O)N1CCN(c3ccc([N+](=O)[O-])cc3)CC1)n2CC1CCCCO1. The number of non-ortho nitro benzene ring substituents is 1. The fourth-order valence-electron chi connectivity index (χ4n) is 5.18. The lowest BCUT2D eigenvalue weighted by Gasteiger charge is -2.36. The number of fused-ring (bicyclic) bond motifs is 1. The van der Waals surface area contributed by atoms with Gasteiger partial charge in [-0.05, 0) is 56.5 Å². The van der Waals surface area contributed by atoms with Crippen molar-refractivity contribution in [3.8, 4) is 5.75 Å². The first kappa shape index (κ1) is 24.1. The molecule has 1 atom stereocenters. The first-order valence-corrected chi connectivity index (χ1v) is 12.7. The summed E-state index contributed by atoms with van der Waals surface area (Å²) in [6.45, 7) is 6.42. The zero-order valence-corrected chi connectivity index (χ0v) is 20.6. The second kappa shape index (κ2) is 10.6. The highest BCUT2D eigenvalue weighted by Gasteiger charge is 2.28. The Balaban J connectivity index is 1.37. The Hall–Kier alpha value is -3.59. The molecule has 5 rings (SSSR count). The predicted molar refractivity (Wildman–Crippen MR) is 138 cm³/mol. The lowest BCUT2D eigenvalue weighted by atomic mass is 10.1.